The first-order valence-corrected chi connectivity index (χ1v) is 8.34. The standard InChI is InChI=1S/C17H19FN2O4S/c1-10-13(14(21)22)25-15(19-10)20(16(23)24-17(2,3)4)9-11-5-7-12(18)8-6-11/h5-8H,9H2,1-4H3,(H,21,22). The monoisotopic (exact) mass is 366 g/mol. The summed E-state index contributed by atoms with van der Waals surface area (Å²) in [6.45, 7) is 6.85. The maximum Gasteiger partial charge on any atom is 0.416 e. The van der Waals surface area contributed by atoms with Gasteiger partial charge in [0.15, 0.2) is 5.13 Å². The van der Waals surface area contributed by atoms with Crippen molar-refractivity contribution in [3.05, 3.63) is 46.2 Å². The van der Waals surface area contributed by atoms with Crippen molar-refractivity contribution >= 4 is 28.5 Å². The van der Waals surface area contributed by atoms with E-state index in [1.165, 1.54) is 17.0 Å². The van der Waals surface area contributed by atoms with E-state index in [0.29, 0.717) is 11.3 Å². The predicted octanol–water partition coefficient (Wildman–Crippen LogP) is 4.23. The number of thiazole rings is 1. The number of carboxylic acid groups (broad SMARTS) is 1. The van der Waals surface area contributed by atoms with Crippen molar-refractivity contribution in [3.63, 3.8) is 0 Å². The van der Waals surface area contributed by atoms with Gasteiger partial charge in [0.2, 0.25) is 0 Å². The molecule has 0 aliphatic heterocycles. The van der Waals surface area contributed by atoms with E-state index in [4.69, 9.17) is 4.74 Å². The zero-order chi connectivity index (χ0) is 18.8. The number of halogens is 1. The summed E-state index contributed by atoms with van der Waals surface area (Å²) >= 11 is 0.893. The van der Waals surface area contributed by atoms with Crippen molar-refractivity contribution in [2.24, 2.45) is 0 Å². The molecular formula is C17H19FN2O4S. The van der Waals surface area contributed by atoms with Gasteiger partial charge in [-0.2, -0.15) is 0 Å². The molecule has 2 aromatic rings. The summed E-state index contributed by atoms with van der Waals surface area (Å²) in [4.78, 5) is 29.3. The molecule has 134 valence electrons. The number of anilines is 1. The molecule has 0 unspecified atom stereocenters. The molecule has 1 heterocycles. The third-order valence-corrected chi connectivity index (χ3v) is 4.25. The molecule has 2 rings (SSSR count). The number of amides is 1. The number of nitrogens with zero attached hydrogens (tertiary/aromatic N) is 2. The van der Waals surface area contributed by atoms with Crippen LogP contribution in [0.5, 0.6) is 0 Å². The van der Waals surface area contributed by atoms with E-state index in [1.807, 2.05) is 0 Å². The first-order chi connectivity index (χ1) is 11.6. The second kappa shape index (κ2) is 7.18. The Kier molecular flexibility index (Phi) is 5.42. The molecule has 0 aliphatic carbocycles. The average molecular weight is 366 g/mol. The molecule has 0 spiro atoms. The number of carbonyl (C=O) groups is 2. The SMILES string of the molecule is Cc1nc(N(Cc2ccc(F)cc2)C(=O)OC(C)(C)C)sc1C(=O)O. The van der Waals surface area contributed by atoms with Crippen molar-refractivity contribution in [1.29, 1.82) is 0 Å². The smallest absolute Gasteiger partial charge is 0.416 e. The Morgan fingerprint density at radius 1 is 1.28 bits per heavy atom. The second-order valence-corrected chi connectivity index (χ2v) is 7.39. The highest BCUT2D eigenvalue weighted by Crippen LogP contribution is 2.29. The van der Waals surface area contributed by atoms with E-state index >= 15 is 0 Å². The number of ether oxygens (including phenoxy) is 1. The zero-order valence-corrected chi connectivity index (χ0v) is 15.2. The maximum absolute atomic E-state index is 13.1. The quantitative estimate of drug-likeness (QED) is 0.876. The van der Waals surface area contributed by atoms with Gasteiger partial charge in [0.1, 0.15) is 16.3 Å². The number of rotatable bonds is 4. The molecule has 8 heteroatoms. The molecule has 1 N–H and O–H groups in total. The Morgan fingerprint density at radius 3 is 2.36 bits per heavy atom. The third kappa shape index (κ3) is 4.99. The summed E-state index contributed by atoms with van der Waals surface area (Å²) in [5.74, 6) is -1.49. The molecule has 25 heavy (non-hydrogen) atoms. The van der Waals surface area contributed by atoms with E-state index in [9.17, 15) is 19.1 Å². The van der Waals surface area contributed by atoms with Gasteiger partial charge in [-0.25, -0.2) is 23.9 Å². The first-order valence-electron chi connectivity index (χ1n) is 7.52. The number of carbonyl (C=O) groups excluding carboxylic acids is 1. The Labute approximate surface area is 148 Å². The van der Waals surface area contributed by atoms with Gasteiger partial charge >= 0.3 is 12.1 Å². The van der Waals surface area contributed by atoms with Crippen LogP contribution in [0.25, 0.3) is 0 Å². The molecular weight excluding hydrogens is 347 g/mol. The summed E-state index contributed by atoms with van der Waals surface area (Å²) < 4.78 is 18.5. The van der Waals surface area contributed by atoms with Crippen molar-refractivity contribution in [2.45, 2.75) is 39.8 Å². The van der Waals surface area contributed by atoms with Gasteiger partial charge in [0, 0.05) is 0 Å². The van der Waals surface area contributed by atoms with Crippen LogP contribution in [0.3, 0.4) is 0 Å². The number of aromatic carboxylic acids is 1. The summed E-state index contributed by atoms with van der Waals surface area (Å²) in [6, 6.07) is 5.67. The fourth-order valence-corrected chi connectivity index (χ4v) is 2.89. The lowest BCUT2D eigenvalue weighted by molar-refractivity contribution is 0.0576. The highest BCUT2D eigenvalue weighted by molar-refractivity contribution is 7.17. The Morgan fingerprint density at radius 2 is 1.88 bits per heavy atom. The maximum atomic E-state index is 13.1. The molecule has 0 bridgehead atoms. The molecule has 0 saturated heterocycles. The Balaban J connectivity index is 2.37. The van der Waals surface area contributed by atoms with E-state index in [-0.39, 0.29) is 22.4 Å². The summed E-state index contributed by atoms with van der Waals surface area (Å²) in [7, 11) is 0. The van der Waals surface area contributed by atoms with Crippen LogP contribution < -0.4 is 4.90 Å². The predicted molar refractivity (Wildman–Crippen MR) is 92.6 cm³/mol. The van der Waals surface area contributed by atoms with E-state index in [2.05, 4.69) is 4.98 Å². The molecule has 1 aromatic carbocycles. The largest absolute Gasteiger partial charge is 0.477 e. The molecule has 1 amide bonds. The van der Waals surface area contributed by atoms with Crippen molar-refractivity contribution in [3.8, 4) is 0 Å². The van der Waals surface area contributed by atoms with Crippen molar-refractivity contribution in [2.75, 3.05) is 4.90 Å². The highest BCUT2D eigenvalue weighted by Gasteiger charge is 2.27. The fraction of sp³-hybridized carbons (Fsp3) is 0.353. The molecule has 0 fully saturated rings. The number of hydrogen-bond acceptors (Lipinski definition) is 5. The lowest BCUT2D eigenvalue weighted by Crippen LogP contribution is -2.36. The van der Waals surface area contributed by atoms with Crippen LogP contribution in [0.2, 0.25) is 0 Å². The minimum atomic E-state index is -1.10. The van der Waals surface area contributed by atoms with Crippen LogP contribution in [0, 0.1) is 12.7 Å². The number of aryl methyl sites for hydroxylation is 1. The van der Waals surface area contributed by atoms with Crippen molar-refractivity contribution < 1.29 is 23.8 Å². The van der Waals surface area contributed by atoms with Gasteiger partial charge in [-0.1, -0.05) is 23.5 Å². The zero-order valence-electron chi connectivity index (χ0n) is 14.4. The lowest BCUT2D eigenvalue weighted by atomic mass is 10.2. The number of carboxylic acids is 1. The molecule has 6 nitrogen and oxygen atoms in total. The van der Waals surface area contributed by atoms with Crippen molar-refractivity contribution in [1.82, 2.24) is 4.98 Å². The van der Waals surface area contributed by atoms with E-state index < -0.39 is 17.7 Å². The van der Waals surface area contributed by atoms with Gasteiger partial charge in [-0.05, 0) is 45.4 Å². The number of hydrogen-bond donors (Lipinski definition) is 1. The minimum Gasteiger partial charge on any atom is -0.477 e. The molecule has 0 aliphatic rings. The fourth-order valence-electron chi connectivity index (χ4n) is 2.00. The summed E-state index contributed by atoms with van der Waals surface area (Å²) in [5.41, 5.74) is 0.261. The van der Waals surface area contributed by atoms with E-state index in [0.717, 1.165) is 11.3 Å². The first kappa shape index (κ1) is 18.9. The number of aromatic nitrogens is 1. The normalized spacial score (nSPS) is 11.2. The van der Waals surface area contributed by atoms with E-state index in [1.54, 1.807) is 39.8 Å². The lowest BCUT2D eigenvalue weighted by Gasteiger charge is -2.25. The van der Waals surface area contributed by atoms with Gasteiger partial charge < -0.3 is 9.84 Å². The molecule has 0 atom stereocenters. The summed E-state index contributed by atoms with van der Waals surface area (Å²) in [6.07, 6.45) is -0.650. The third-order valence-electron chi connectivity index (χ3n) is 3.08. The van der Waals surface area contributed by atoms with Crippen LogP contribution in [0.15, 0.2) is 24.3 Å². The van der Waals surface area contributed by atoms with Gasteiger partial charge in [-0.15, -0.1) is 0 Å². The topological polar surface area (TPSA) is 79.7 Å². The van der Waals surface area contributed by atoms with Crippen LogP contribution in [0.1, 0.15) is 41.7 Å². The van der Waals surface area contributed by atoms with Gasteiger partial charge in [0.05, 0.1) is 12.2 Å². The summed E-state index contributed by atoms with van der Waals surface area (Å²) in [5, 5.41) is 9.42. The Bertz CT molecular complexity index is 781. The highest BCUT2D eigenvalue weighted by atomic mass is 32.1. The molecule has 1 aromatic heterocycles. The average Bonchev–Trinajstić information content (AvgIpc) is 2.86. The second-order valence-electron chi connectivity index (χ2n) is 6.41. The molecule has 0 saturated carbocycles. The Hall–Kier alpha value is -2.48. The van der Waals surface area contributed by atoms with Gasteiger partial charge in [0.25, 0.3) is 0 Å². The minimum absolute atomic E-state index is 0.0580. The van der Waals surface area contributed by atoms with Crippen LogP contribution in [-0.2, 0) is 11.3 Å². The van der Waals surface area contributed by atoms with Crippen LogP contribution in [-0.4, -0.2) is 27.8 Å². The number of benzene rings is 1. The van der Waals surface area contributed by atoms with Crippen LogP contribution in [0.4, 0.5) is 14.3 Å². The molecule has 0 radical (unpaired) electrons. The van der Waals surface area contributed by atoms with Crippen LogP contribution >= 0.6 is 11.3 Å². The van der Waals surface area contributed by atoms with Gasteiger partial charge in [-0.3, -0.25) is 0 Å².